The second-order valence-electron chi connectivity index (χ2n) is 12.5. The fraction of sp³-hybridized carbons (Fsp3) is 0.893. The van der Waals surface area contributed by atoms with Crippen LogP contribution in [-0.4, -0.2) is 54.9 Å². The first-order valence-electron chi connectivity index (χ1n) is 13.8. The zero-order valence-corrected chi connectivity index (χ0v) is 24.8. The molecule has 0 amide bonds. The second kappa shape index (κ2) is 12.7. The maximum absolute atomic E-state index is 11.0. The van der Waals surface area contributed by atoms with Gasteiger partial charge in [-0.1, -0.05) is 53.2 Å². The van der Waals surface area contributed by atoms with Gasteiger partial charge in [-0.2, -0.15) is 0 Å². The number of carboxylic acids is 1. The summed E-state index contributed by atoms with van der Waals surface area (Å²) in [4.78, 5) is 13.6. The van der Waals surface area contributed by atoms with Crippen molar-refractivity contribution in [1.29, 1.82) is 0 Å². The molecule has 1 heterocycles. The lowest BCUT2D eigenvalue weighted by atomic mass is 9.62. The topological polar surface area (TPSA) is 49.8 Å². The van der Waals surface area contributed by atoms with Crippen LogP contribution in [0.3, 0.4) is 0 Å². The first-order valence-corrected chi connectivity index (χ1v) is 17.1. The highest BCUT2D eigenvalue weighted by atomic mass is 35.5. The predicted octanol–water partition coefficient (Wildman–Crippen LogP) is 7.87. The molecular formula is C28H52ClNO3Si. The molecule has 0 radical (unpaired) electrons. The van der Waals surface area contributed by atoms with Crippen LogP contribution in [0, 0.1) is 11.3 Å². The molecule has 2 fully saturated rings. The minimum absolute atomic E-state index is 0.204. The largest absolute Gasteiger partial charge is 0.481 e. The van der Waals surface area contributed by atoms with Crippen molar-refractivity contribution in [1.82, 2.24) is 4.90 Å². The van der Waals surface area contributed by atoms with Crippen molar-refractivity contribution in [3.05, 3.63) is 12.2 Å². The molecule has 1 N–H and O–H groups in total. The Bertz CT molecular complexity index is 666. The first kappa shape index (κ1) is 29.9. The van der Waals surface area contributed by atoms with Crippen LogP contribution in [0.2, 0.25) is 18.1 Å². The number of halogens is 1. The molecule has 0 aromatic rings. The van der Waals surface area contributed by atoms with Crippen molar-refractivity contribution in [2.45, 2.75) is 134 Å². The Morgan fingerprint density at radius 1 is 1.26 bits per heavy atom. The summed E-state index contributed by atoms with van der Waals surface area (Å²) in [5.41, 5.74) is 0.394. The summed E-state index contributed by atoms with van der Waals surface area (Å²) in [5, 5.41) is 9.48. The number of hydrogen-bond donors (Lipinski definition) is 1. The predicted molar refractivity (Wildman–Crippen MR) is 147 cm³/mol. The first-order chi connectivity index (χ1) is 15.8. The highest BCUT2D eigenvalue weighted by molar-refractivity contribution is 6.74. The zero-order chi connectivity index (χ0) is 25.6. The molecule has 0 spiro atoms. The van der Waals surface area contributed by atoms with Crippen LogP contribution in [-0.2, 0) is 9.22 Å². The van der Waals surface area contributed by atoms with Gasteiger partial charge < -0.3 is 9.53 Å². The molecule has 2 aliphatic rings. The zero-order valence-electron chi connectivity index (χ0n) is 23.0. The number of rotatable bonds is 14. The highest BCUT2D eigenvalue weighted by Gasteiger charge is 2.48. The SMILES string of the molecule is CCC1(C(CCCN2CC[C@@H](Cl)[C@@H]2CC=CCCC(C)C(=O)O)O[Si](C)(C)C(C)(C)C)CCC1. The fourth-order valence-corrected chi connectivity index (χ4v) is 7.10. The Labute approximate surface area is 216 Å². The molecule has 1 aliphatic carbocycles. The van der Waals surface area contributed by atoms with Gasteiger partial charge in [-0.05, 0) is 94.4 Å². The third-order valence-electron chi connectivity index (χ3n) is 9.20. The van der Waals surface area contributed by atoms with Crippen molar-refractivity contribution in [3.8, 4) is 0 Å². The van der Waals surface area contributed by atoms with E-state index >= 15 is 0 Å². The molecule has 4 nitrogen and oxygen atoms in total. The number of hydrogen-bond acceptors (Lipinski definition) is 3. The molecule has 2 rings (SSSR count). The minimum atomic E-state index is -1.80. The molecule has 1 saturated heterocycles. The van der Waals surface area contributed by atoms with Gasteiger partial charge in [-0.15, -0.1) is 11.6 Å². The molecule has 1 aliphatic heterocycles. The van der Waals surface area contributed by atoms with E-state index in [4.69, 9.17) is 21.1 Å². The van der Waals surface area contributed by atoms with Gasteiger partial charge in [0.2, 0.25) is 0 Å². The van der Waals surface area contributed by atoms with Crippen LogP contribution in [0.4, 0.5) is 0 Å². The Morgan fingerprint density at radius 3 is 2.47 bits per heavy atom. The minimum Gasteiger partial charge on any atom is -0.481 e. The van der Waals surface area contributed by atoms with Gasteiger partial charge >= 0.3 is 5.97 Å². The van der Waals surface area contributed by atoms with Gasteiger partial charge in [0.1, 0.15) is 0 Å². The summed E-state index contributed by atoms with van der Waals surface area (Å²) in [6.45, 7) is 18.2. The molecule has 6 heteroatoms. The van der Waals surface area contributed by atoms with Gasteiger partial charge in [0.05, 0.1) is 17.4 Å². The van der Waals surface area contributed by atoms with E-state index in [9.17, 15) is 4.79 Å². The van der Waals surface area contributed by atoms with Crippen LogP contribution >= 0.6 is 11.6 Å². The van der Waals surface area contributed by atoms with E-state index in [0.29, 0.717) is 24.0 Å². The van der Waals surface area contributed by atoms with E-state index in [2.05, 4.69) is 57.8 Å². The van der Waals surface area contributed by atoms with Crippen LogP contribution < -0.4 is 0 Å². The lowest BCUT2D eigenvalue weighted by Crippen LogP contribution is -2.51. The molecular weight excluding hydrogens is 462 g/mol. The normalized spacial score (nSPS) is 25.4. The second-order valence-corrected chi connectivity index (χ2v) is 17.8. The summed E-state index contributed by atoms with van der Waals surface area (Å²) >= 11 is 6.71. The summed E-state index contributed by atoms with van der Waals surface area (Å²) in [5.74, 6) is -0.990. The molecule has 198 valence electrons. The van der Waals surface area contributed by atoms with Crippen molar-refractivity contribution >= 4 is 25.9 Å². The molecule has 2 unspecified atom stereocenters. The smallest absolute Gasteiger partial charge is 0.306 e. The standard InChI is InChI=1S/C28H52ClNO3Si/c1-8-28(18-13-19-28)25(33-34(6,7)27(3,4)5)16-12-20-30-21-17-23(29)24(30)15-11-9-10-14-22(2)26(31)32/h9,11,22-25H,8,10,12-21H2,1-7H3,(H,31,32)/t22?,23-,24+,25?/m1/s1. The quantitative estimate of drug-likeness (QED) is 0.146. The van der Waals surface area contributed by atoms with E-state index in [1.165, 1.54) is 32.1 Å². The molecule has 4 atom stereocenters. The van der Waals surface area contributed by atoms with E-state index < -0.39 is 14.3 Å². The number of alkyl halides is 1. The number of likely N-dealkylation sites (tertiary alicyclic amines) is 1. The summed E-state index contributed by atoms with van der Waals surface area (Å²) in [6.07, 6.45) is 15.8. The van der Waals surface area contributed by atoms with Crippen molar-refractivity contribution in [2.75, 3.05) is 13.1 Å². The Hall–Kier alpha value is -0.363. The third kappa shape index (κ3) is 7.82. The average Bonchev–Trinajstić information content (AvgIpc) is 3.05. The highest BCUT2D eigenvalue weighted by Crippen LogP contribution is 2.51. The lowest BCUT2D eigenvalue weighted by molar-refractivity contribution is -0.141. The van der Waals surface area contributed by atoms with Crippen LogP contribution in [0.15, 0.2) is 12.2 Å². The lowest BCUT2D eigenvalue weighted by Gasteiger charge is -2.51. The monoisotopic (exact) mass is 513 g/mol. The van der Waals surface area contributed by atoms with Gasteiger partial charge in [0.15, 0.2) is 8.32 Å². The molecule has 0 bridgehead atoms. The third-order valence-corrected chi connectivity index (χ3v) is 14.2. The Kier molecular flexibility index (Phi) is 11.2. The molecule has 0 aromatic carbocycles. The number of carboxylic acid groups (broad SMARTS) is 1. The summed E-state index contributed by atoms with van der Waals surface area (Å²) in [6, 6.07) is 0.387. The summed E-state index contributed by atoms with van der Waals surface area (Å²) in [7, 11) is -1.80. The van der Waals surface area contributed by atoms with Gasteiger partial charge in [0.25, 0.3) is 0 Å². The summed E-state index contributed by atoms with van der Waals surface area (Å²) < 4.78 is 7.08. The number of nitrogens with zero attached hydrogens (tertiary/aromatic N) is 1. The molecule has 1 saturated carbocycles. The number of carbonyl (C=O) groups is 1. The number of allylic oxidation sites excluding steroid dienone is 1. The van der Waals surface area contributed by atoms with Gasteiger partial charge in [0, 0.05) is 6.04 Å². The van der Waals surface area contributed by atoms with Gasteiger partial charge in [-0.3, -0.25) is 9.69 Å². The van der Waals surface area contributed by atoms with Crippen molar-refractivity contribution in [2.24, 2.45) is 11.3 Å². The average molecular weight is 514 g/mol. The van der Waals surface area contributed by atoms with Crippen molar-refractivity contribution in [3.63, 3.8) is 0 Å². The fourth-order valence-electron chi connectivity index (χ4n) is 5.31. The van der Waals surface area contributed by atoms with E-state index in [1.54, 1.807) is 6.92 Å². The maximum Gasteiger partial charge on any atom is 0.306 e. The van der Waals surface area contributed by atoms with E-state index in [0.717, 1.165) is 38.8 Å². The Balaban J connectivity index is 1.91. The van der Waals surface area contributed by atoms with Crippen LogP contribution in [0.1, 0.15) is 98.8 Å². The van der Waals surface area contributed by atoms with E-state index in [1.807, 2.05) is 0 Å². The van der Waals surface area contributed by atoms with Crippen molar-refractivity contribution < 1.29 is 14.3 Å². The Morgan fingerprint density at radius 2 is 1.94 bits per heavy atom. The van der Waals surface area contributed by atoms with Crippen LogP contribution in [0.25, 0.3) is 0 Å². The van der Waals surface area contributed by atoms with Crippen LogP contribution in [0.5, 0.6) is 0 Å². The maximum atomic E-state index is 11.0. The molecule has 34 heavy (non-hydrogen) atoms. The van der Waals surface area contributed by atoms with Gasteiger partial charge in [-0.25, -0.2) is 0 Å². The molecule has 0 aromatic heterocycles. The number of aliphatic carboxylic acids is 1. The van der Waals surface area contributed by atoms with E-state index in [-0.39, 0.29) is 16.3 Å².